The number of hydrogen-bond acceptors (Lipinski definition) is 4. The molecule has 116 valence electrons. The van der Waals surface area contributed by atoms with Crippen LogP contribution in [-0.2, 0) is 0 Å². The summed E-state index contributed by atoms with van der Waals surface area (Å²) in [5, 5.41) is 9.43. The lowest BCUT2D eigenvalue weighted by molar-refractivity contribution is 0.0635. The van der Waals surface area contributed by atoms with Gasteiger partial charge in [-0.1, -0.05) is 0 Å². The fraction of sp³-hybridized carbons (Fsp3) is 0.562. The molecule has 1 aromatic carbocycles. The van der Waals surface area contributed by atoms with Gasteiger partial charge in [0.25, 0.3) is 5.91 Å². The van der Waals surface area contributed by atoms with E-state index in [2.05, 4.69) is 4.90 Å². The van der Waals surface area contributed by atoms with Gasteiger partial charge in [-0.05, 0) is 56.6 Å². The van der Waals surface area contributed by atoms with E-state index in [0.717, 1.165) is 57.7 Å². The first-order valence-corrected chi connectivity index (χ1v) is 7.63. The molecule has 0 unspecified atom stereocenters. The smallest absolute Gasteiger partial charge is 0.254 e. The number of carbonyl (C=O) groups excluding carboxylic acids is 1. The summed E-state index contributed by atoms with van der Waals surface area (Å²) in [4.78, 5) is 16.8. The Bertz CT molecular complexity index is 482. The number of amides is 1. The standard InChI is InChI=1S/C16H25N3O2/c1-13-12-14(20)4-5-15(13)16(21)19-10-8-18(9-11-19)7-3-2-6-17/h4-5,12,20H,2-3,6-11,17H2,1H3. The third-order valence-electron chi connectivity index (χ3n) is 4.03. The van der Waals surface area contributed by atoms with Gasteiger partial charge in [-0.2, -0.15) is 0 Å². The summed E-state index contributed by atoms with van der Waals surface area (Å²) in [6.07, 6.45) is 2.19. The van der Waals surface area contributed by atoms with Crippen molar-refractivity contribution in [3.63, 3.8) is 0 Å². The molecule has 2 rings (SSSR count). The second-order valence-corrected chi connectivity index (χ2v) is 5.63. The molecule has 0 atom stereocenters. The Hall–Kier alpha value is -1.59. The van der Waals surface area contributed by atoms with Crippen molar-refractivity contribution in [2.45, 2.75) is 19.8 Å². The van der Waals surface area contributed by atoms with Crippen molar-refractivity contribution in [2.24, 2.45) is 5.73 Å². The Balaban J connectivity index is 1.88. The molecule has 0 spiro atoms. The fourth-order valence-electron chi connectivity index (χ4n) is 2.71. The first-order valence-electron chi connectivity index (χ1n) is 7.63. The number of carbonyl (C=O) groups is 1. The van der Waals surface area contributed by atoms with Gasteiger partial charge in [-0.25, -0.2) is 0 Å². The van der Waals surface area contributed by atoms with Crippen molar-refractivity contribution in [3.8, 4) is 5.75 Å². The van der Waals surface area contributed by atoms with Crippen LogP contribution in [0.25, 0.3) is 0 Å². The lowest BCUT2D eigenvalue weighted by Gasteiger charge is -2.35. The van der Waals surface area contributed by atoms with Crippen LogP contribution in [0.3, 0.4) is 0 Å². The quantitative estimate of drug-likeness (QED) is 0.800. The van der Waals surface area contributed by atoms with Crippen molar-refractivity contribution in [1.82, 2.24) is 9.80 Å². The van der Waals surface area contributed by atoms with E-state index in [9.17, 15) is 9.90 Å². The summed E-state index contributed by atoms with van der Waals surface area (Å²) in [7, 11) is 0. The maximum absolute atomic E-state index is 12.5. The van der Waals surface area contributed by atoms with Gasteiger partial charge in [0, 0.05) is 31.7 Å². The first-order chi connectivity index (χ1) is 10.1. The van der Waals surface area contributed by atoms with Crippen LogP contribution in [0.1, 0.15) is 28.8 Å². The van der Waals surface area contributed by atoms with Crippen molar-refractivity contribution < 1.29 is 9.90 Å². The van der Waals surface area contributed by atoms with Gasteiger partial charge in [0.1, 0.15) is 5.75 Å². The third-order valence-corrected chi connectivity index (χ3v) is 4.03. The number of hydrogen-bond donors (Lipinski definition) is 2. The summed E-state index contributed by atoms with van der Waals surface area (Å²) in [5.41, 5.74) is 7.01. The molecule has 1 heterocycles. The number of aromatic hydroxyl groups is 1. The molecule has 5 heteroatoms. The summed E-state index contributed by atoms with van der Waals surface area (Å²) in [6, 6.07) is 4.92. The average Bonchev–Trinajstić information content (AvgIpc) is 2.48. The van der Waals surface area contributed by atoms with E-state index >= 15 is 0 Å². The molecule has 1 aliphatic heterocycles. The van der Waals surface area contributed by atoms with Crippen LogP contribution in [0.5, 0.6) is 5.75 Å². The summed E-state index contributed by atoms with van der Waals surface area (Å²) in [6.45, 7) is 7.05. The molecular formula is C16H25N3O2. The molecule has 0 aliphatic carbocycles. The largest absolute Gasteiger partial charge is 0.508 e. The topological polar surface area (TPSA) is 69.8 Å². The minimum atomic E-state index is 0.0640. The van der Waals surface area contributed by atoms with Crippen LogP contribution in [0.15, 0.2) is 18.2 Å². The number of benzene rings is 1. The van der Waals surface area contributed by atoms with E-state index in [1.807, 2.05) is 11.8 Å². The van der Waals surface area contributed by atoms with Crippen LogP contribution < -0.4 is 5.73 Å². The predicted octanol–water partition coefficient (Wildman–Crippen LogP) is 1.20. The lowest BCUT2D eigenvalue weighted by Crippen LogP contribution is -2.49. The molecule has 1 aromatic rings. The monoisotopic (exact) mass is 291 g/mol. The Morgan fingerprint density at radius 1 is 1.24 bits per heavy atom. The minimum Gasteiger partial charge on any atom is -0.508 e. The Morgan fingerprint density at radius 3 is 2.57 bits per heavy atom. The second-order valence-electron chi connectivity index (χ2n) is 5.63. The number of piperazine rings is 1. The van der Waals surface area contributed by atoms with Gasteiger partial charge in [0.05, 0.1) is 0 Å². The summed E-state index contributed by atoms with van der Waals surface area (Å²) < 4.78 is 0. The zero-order valence-electron chi connectivity index (χ0n) is 12.7. The maximum atomic E-state index is 12.5. The van der Waals surface area contributed by atoms with E-state index in [0.29, 0.717) is 5.56 Å². The normalized spacial score (nSPS) is 16.2. The molecule has 0 aromatic heterocycles. The van der Waals surface area contributed by atoms with Gasteiger partial charge >= 0.3 is 0 Å². The van der Waals surface area contributed by atoms with Crippen molar-refractivity contribution in [1.29, 1.82) is 0 Å². The molecular weight excluding hydrogens is 266 g/mol. The Morgan fingerprint density at radius 2 is 1.95 bits per heavy atom. The van der Waals surface area contributed by atoms with Crippen LogP contribution >= 0.6 is 0 Å². The molecule has 0 saturated carbocycles. The molecule has 0 radical (unpaired) electrons. The van der Waals surface area contributed by atoms with Crippen LogP contribution in [0.2, 0.25) is 0 Å². The Kier molecular flexibility index (Phi) is 5.59. The zero-order chi connectivity index (χ0) is 15.2. The number of nitrogens with two attached hydrogens (primary N) is 1. The number of unbranched alkanes of at least 4 members (excludes halogenated alkanes) is 1. The molecule has 5 nitrogen and oxygen atoms in total. The number of rotatable bonds is 5. The molecule has 1 saturated heterocycles. The minimum absolute atomic E-state index is 0.0640. The maximum Gasteiger partial charge on any atom is 0.254 e. The average molecular weight is 291 g/mol. The van der Waals surface area contributed by atoms with Crippen molar-refractivity contribution in [3.05, 3.63) is 29.3 Å². The van der Waals surface area contributed by atoms with Crippen LogP contribution in [-0.4, -0.2) is 60.1 Å². The molecule has 0 bridgehead atoms. The molecule has 1 amide bonds. The van der Waals surface area contributed by atoms with Gasteiger partial charge in [-0.15, -0.1) is 0 Å². The van der Waals surface area contributed by atoms with Gasteiger partial charge in [0.2, 0.25) is 0 Å². The van der Waals surface area contributed by atoms with Gasteiger partial charge in [0.15, 0.2) is 0 Å². The SMILES string of the molecule is Cc1cc(O)ccc1C(=O)N1CCN(CCCCN)CC1. The number of phenolic OH excluding ortho intramolecular Hbond substituents is 1. The molecule has 1 aliphatic rings. The summed E-state index contributed by atoms with van der Waals surface area (Å²) in [5.74, 6) is 0.267. The van der Waals surface area contributed by atoms with Crippen molar-refractivity contribution >= 4 is 5.91 Å². The summed E-state index contributed by atoms with van der Waals surface area (Å²) >= 11 is 0. The van der Waals surface area contributed by atoms with Crippen LogP contribution in [0.4, 0.5) is 0 Å². The fourth-order valence-corrected chi connectivity index (χ4v) is 2.71. The second kappa shape index (κ2) is 7.43. The zero-order valence-corrected chi connectivity index (χ0v) is 12.7. The highest BCUT2D eigenvalue weighted by atomic mass is 16.3. The highest BCUT2D eigenvalue weighted by molar-refractivity contribution is 5.95. The predicted molar refractivity (Wildman–Crippen MR) is 83.5 cm³/mol. The number of phenols is 1. The first kappa shape index (κ1) is 15.8. The third kappa shape index (κ3) is 4.19. The lowest BCUT2D eigenvalue weighted by atomic mass is 10.1. The van der Waals surface area contributed by atoms with E-state index < -0.39 is 0 Å². The van der Waals surface area contributed by atoms with E-state index in [-0.39, 0.29) is 11.7 Å². The number of aryl methyl sites for hydroxylation is 1. The number of nitrogens with zero attached hydrogens (tertiary/aromatic N) is 2. The van der Waals surface area contributed by atoms with Crippen LogP contribution in [0, 0.1) is 6.92 Å². The van der Waals surface area contributed by atoms with E-state index in [1.54, 1.807) is 18.2 Å². The van der Waals surface area contributed by atoms with Gasteiger partial charge in [-0.3, -0.25) is 9.69 Å². The molecule has 3 N–H and O–H groups in total. The molecule has 1 fully saturated rings. The van der Waals surface area contributed by atoms with Gasteiger partial charge < -0.3 is 15.7 Å². The van der Waals surface area contributed by atoms with Crippen molar-refractivity contribution in [2.75, 3.05) is 39.3 Å². The molecule has 21 heavy (non-hydrogen) atoms. The highest BCUT2D eigenvalue weighted by Crippen LogP contribution is 2.18. The van der Waals surface area contributed by atoms with E-state index in [1.165, 1.54) is 0 Å². The Labute approximate surface area is 126 Å². The van der Waals surface area contributed by atoms with E-state index in [4.69, 9.17) is 5.73 Å². The highest BCUT2D eigenvalue weighted by Gasteiger charge is 2.22.